The van der Waals surface area contributed by atoms with Crippen LogP contribution < -0.4 is 0 Å². The van der Waals surface area contributed by atoms with Gasteiger partial charge in [0, 0.05) is 12.1 Å². The Morgan fingerprint density at radius 2 is 1.88 bits per heavy atom. The minimum atomic E-state index is 0.395. The van der Waals surface area contributed by atoms with E-state index in [0.29, 0.717) is 5.75 Å². The second-order valence-corrected chi connectivity index (χ2v) is 4.52. The minimum absolute atomic E-state index is 0.395. The summed E-state index contributed by atoms with van der Waals surface area (Å²) >= 11 is 0. The molecule has 2 heteroatoms. The normalized spacial score (nSPS) is 11.2. The van der Waals surface area contributed by atoms with Gasteiger partial charge in [-0.1, -0.05) is 37.3 Å². The number of hydrogen-bond acceptors (Lipinski definition) is 2. The van der Waals surface area contributed by atoms with Crippen molar-refractivity contribution in [3.63, 3.8) is 0 Å². The summed E-state index contributed by atoms with van der Waals surface area (Å²) in [5, 5.41) is 12.3. The summed E-state index contributed by atoms with van der Waals surface area (Å²) in [6.07, 6.45) is 1.13. The number of phenols is 1. The summed E-state index contributed by atoms with van der Waals surface area (Å²) in [6, 6.07) is 12.0. The monoisotopic (exact) mass is 229 g/mol. The summed E-state index contributed by atoms with van der Waals surface area (Å²) < 4.78 is 0. The standard InChI is InChI=1S/C15H19NO/c1-3-10-16(2)11-14-13-7-5-4-6-12(13)8-9-15(14)17/h4-9,17H,3,10-11H2,1-2H3. The molecular formula is C15H19NO. The van der Waals surface area contributed by atoms with Crippen molar-refractivity contribution in [1.29, 1.82) is 0 Å². The third-order valence-electron chi connectivity index (χ3n) is 3.05. The van der Waals surface area contributed by atoms with Gasteiger partial charge >= 0.3 is 0 Å². The van der Waals surface area contributed by atoms with E-state index in [1.165, 1.54) is 5.39 Å². The second-order valence-electron chi connectivity index (χ2n) is 4.52. The van der Waals surface area contributed by atoms with Gasteiger partial charge in [-0.2, -0.15) is 0 Å². The van der Waals surface area contributed by atoms with Gasteiger partial charge in [0.05, 0.1) is 0 Å². The number of aromatic hydroxyl groups is 1. The fraction of sp³-hybridized carbons (Fsp3) is 0.333. The Labute approximate surface area is 102 Å². The van der Waals surface area contributed by atoms with Crippen LogP contribution in [0, 0.1) is 0 Å². The number of rotatable bonds is 4. The highest BCUT2D eigenvalue weighted by Crippen LogP contribution is 2.27. The SMILES string of the molecule is CCCN(C)Cc1c(O)ccc2ccccc12. The van der Waals surface area contributed by atoms with Gasteiger partial charge in [0.15, 0.2) is 0 Å². The van der Waals surface area contributed by atoms with E-state index in [2.05, 4.69) is 31.0 Å². The number of nitrogens with zero attached hydrogens (tertiary/aromatic N) is 1. The van der Waals surface area contributed by atoms with Crippen LogP contribution in [0.2, 0.25) is 0 Å². The van der Waals surface area contributed by atoms with Crippen LogP contribution in [0.3, 0.4) is 0 Å². The van der Waals surface area contributed by atoms with Crippen molar-refractivity contribution in [1.82, 2.24) is 4.90 Å². The van der Waals surface area contributed by atoms with Gasteiger partial charge in [0.2, 0.25) is 0 Å². The average Bonchev–Trinajstić information content (AvgIpc) is 2.33. The third kappa shape index (κ3) is 2.59. The fourth-order valence-electron chi connectivity index (χ4n) is 2.22. The topological polar surface area (TPSA) is 23.5 Å². The number of hydrogen-bond donors (Lipinski definition) is 1. The predicted molar refractivity (Wildman–Crippen MR) is 72.2 cm³/mol. The van der Waals surface area contributed by atoms with Crippen LogP contribution in [0.15, 0.2) is 36.4 Å². The van der Waals surface area contributed by atoms with E-state index in [1.54, 1.807) is 6.07 Å². The van der Waals surface area contributed by atoms with E-state index in [4.69, 9.17) is 0 Å². The number of benzene rings is 2. The summed E-state index contributed by atoms with van der Waals surface area (Å²) in [5.41, 5.74) is 1.03. The highest BCUT2D eigenvalue weighted by atomic mass is 16.3. The molecule has 0 aromatic heterocycles. The minimum Gasteiger partial charge on any atom is -0.508 e. The van der Waals surface area contributed by atoms with Gasteiger partial charge < -0.3 is 10.0 Å². The van der Waals surface area contributed by atoms with Crippen LogP contribution in [0.4, 0.5) is 0 Å². The highest BCUT2D eigenvalue weighted by molar-refractivity contribution is 5.87. The molecule has 0 amide bonds. The molecule has 0 saturated carbocycles. The first-order valence-corrected chi connectivity index (χ1v) is 6.10. The molecule has 2 aromatic rings. The molecule has 0 aliphatic rings. The van der Waals surface area contributed by atoms with Gasteiger partial charge in [-0.15, -0.1) is 0 Å². The molecule has 0 aliphatic heterocycles. The van der Waals surface area contributed by atoms with Crippen molar-refractivity contribution >= 4 is 10.8 Å². The Morgan fingerprint density at radius 3 is 2.65 bits per heavy atom. The van der Waals surface area contributed by atoms with E-state index in [-0.39, 0.29) is 0 Å². The fourth-order valence-corrected chi connectivity index (χ4v) is 2.22. The van der Waals surface area contributed by atoms with Crippen LogP contribution in [-0.2, 0) is 6.54 Å². The quantitative estimate of drug-likeness (QED) is 0.868. The third-order valence-corrected chi connectivity index (χ3v) is 3.05. The lowest BCUT2D eigenvalue weighted by atomic mass is 10.0. The van der Waals surface area contributed by atoms with E-state index in [0.717, 1.165) is 30.5 Å². The van der Waals surface area contributed by atoms with Crippen LogP contribution in [0.25, 0.3) is 10.8 Å². The smallest absolute Gasteiger partial charge is 0.120 e. The summed E-state index contributed by atoms with van der Waals surface area (Å²) in [5.74, 6) is 0.395. The maximum Gasteiger partial charge on any atom is 0.120 e. The molecule has 2 rings (SSSR count). The molecule has 0 atom stereocenters. The van der Waals surface area contributed by atoms with Gasteiger partial charge in [-0.05, 0) is 36.9 Å². The van der Waals surface area contributed by atoms with Gasteiger partial charge in [-0.25, -0.2) is 0 Å². The van der Waals surface area contributed by atoms with Crippen molar-refractivity contribution in [3.8, 4) is 5.75 Å². The van der Waals surface area contributed by atoms with E-state index in [1.807, 2.05) is 18.2 Å². The van der Waals surface area contributed by atoms with Gasteiger partial charge in [-0.3, -0.25) is 0 Å². The van der Waals surface area contributed by atoms with E-state index < -0.39 is 0 Å². The van der Waals surface area contributed by atoms with Crippen molar-refractivity contribution in [3.05, 3.63) is 42.0 Å². The van der Waals surface area contributed by atoms with Crippen LogP contribution in [-0.4, -0.2) is 23.6 Å². The first-order chi connectivity index (χ1) is 8.22. The summed E-state index contributed by atoms with van der Waals surface area (Å²) in [7, 11) is 2.09. The molecule has 17 heavy (non-hydrogen) atoms. The van der Waals surface area contributed by atoms with Crippen LogP contribution >= 0.6 is 0 Å². The van der Waals surface area contributed by atoms with E-state index in [9.17, 15) is 5.11 Å². The molecular weight excluding hydrogens is 210 g/mol. The summed E-state index contributed by atoms with van der Waals surface area (Å²) in [6.45, 7) is 4.00. The molecule has 0 unspecified atom stereocenters. The first kappa shape index (κ1) is 11.9. The lowest BCUT2D eigenvalue weighted by Crippen LogP contribution is -2.18. The van der Waals surface area contributed by atoms with Crippen molar-refractivity contribution in [2.75, 3.05) is 13.6 Å². The average molecular weight is 229 g/mol. The second kappa shape index (κ2) is 5.19. The molecule has 0 heterocycles. The lowest BCUT2D eigenvalue weighted by Gasteiger charge is -2.18. The molecule has 0 spiro atoms. The number of fused-ring (bicyclic) bond motifs is 1. The maximum absolute atomic E-state index is 10.00. The Bertz CT molecular complexity index is 507. The van der Waals surface area contributed by atoms with E-state index >= 15 is 0 Å². The molecule has 0 aliphatic carbocycles. The molecule has 0 radical (unpaired) electrons. The van der Waals surface area contributed by atoms with Crippen molar-refractivity contribution < 1.29 is 5.11 Å². The Morgan fingerprint density at radius 1 is 1.12 bits per heavy atom. The van der Waals surface area contributed by atoms with Crippen molar-refractivity contribution in [2.24, 2.45) is 0 Å². The molecule has 0 bridgehead atoms. The van der Waals surface area contributed by atoms with Crippen LogP contribution in [0.5, 0.6) is 5.75 Å². The molecule has 90 valence electrons. The maximum atomic E-state index is 10.00. The van der Waals surface area contributed by atoms with Gasteiger partial charge in [0.25, 0.3) is 0 Å². The zero-order valence-corrected chi connectivity index (χ0v) is 10.5. The van der Waals surface area contributed by atoms with Gasteiger partial charge in [0.1, 0.15) is 5.75 Å². The predicted octanol–water partition coefficient (Wildman–Crippen LogP) is 3.39. The Balaban J connectivity index is 2.40. The lowest BCUT2D eigenvalue weighted by molar-refractivity contribution is 0.322. The summed E-state index contributed by atoms with van der Waals surface area (Å²) in [4.78, 5) is 2.24. The molecule has 2 nitrogen and oxygen atoms in total. The molecule has 0 fully saturated rings. The molecule has 0 saturated heterocycles. The highest BCUT2D eigenvalue weighted by Gasteiger charge is 2.08. The van der Waals surface area contributed by atoms with Crippen LogP contribution in [0.1, 0.15) is 18.9 Å². The van der Waals surface area contributed by atoms with Crippen molar-refractivity contribution in [2.45, 2.75) is 19.9 Å². The largest absolute Gasteiger partial charge is 0.508 e. The molecule has 2 aromatic carbocycles. The Hall–Kier alpha value is -1.54. The number of phenolic OH excluding ortho intramolecular Hbond substituents is 1. The zero-order valence-electron chi connectivity index (χ0n) is 10.5. The Kier molecular flexibility index (Phi) is 3.64. The zero-order chi connectivity index (χ0) is 12.3. The molecule has 1 N–H and O–H groups in total. The first-order valence-electron chi connectivity index (χ1n) is 6.10.